The van der Waals surface area contributed by atoms with Crippen molar-refractivity contribution < 1.29 is 9.59 Å². The van der Waals surface area contributed by atoms with Gasteiger partial charge in [-0.15, -0.1) is 0 Å². The number of likely N-dealkylation sites (tertiary alicyclic amines) is 1. The number of nitrogens with zero attached hydrogens (tertiary/aromatic N) is 3. The Labute approximate surface area is 175 Å². The third-order valence-electron chi connectivity index (χ3n) is 6.62. The lowest BCUT2D eigenvalue weighted by Crippen LogP contribution is -2.38. The molecule has 3 heterocycles. The molecule has 3 aliphatic heterocycles. The molecule has 30 heavy (non-hydrogen) atoms. The van der Waals surface area contributed by atoms with E-state index in [-0.39, 0.29) is 35.8 Å². The van der Waals surface area contributed by atoms with Gasteiger partial charge in [-0.25, -0.2) is 4.99 Å². The average Bonchev–Trinajstić information content (AvgIpc) is 3.38. The van der Waals surface area contributed by atoms with Crippen molar-refractivity contribution in [1.82, 2.24) is 9.80 Å². The molecule has 0 radical (unpaired) electrons. The highest BCUT2D eigenvalue weighted by molar-refractivity contribution is 6.04. The van der Waals surface area contributed by atoms with Crippen LogP contribution in [0.15, 0.2) is 59.6 Å². The highest BCUT2D eigenvalue weighted by Gasteiger charge is 2.62. The van der Waals surface area contributed by atoms with E-state index in [9.17, 15) is 9.59 Å². The second-order valence-electron chi connectivity index (χ2n) is 8.32. The summed E-state index contributed by atoms with van der Waals surface area (Å²) in [6, 6.07) is 17.6. The van der Waals surface area contributed by atoms with Crippen LogP contribution in [0.4, 0.5) is 5.69 Å². The first-order valence-corrected chi connectivity index (χ1v) is 10.4. The van der Waals surface area contributed by atoms with Crippen molar-refractivity contribution in [3.05, 3.63) is 65.7 Å². The van der Waals surface area contributed by atoms with E-state index in [1.165, 1.54) is 0 Å². The third-order valence-corrected chi connectivity index (χ3v) is 6.62. The fourth-order valence-electron chi connectivity index (χ4n) is 5.47. The van der Waals surface area contributed by atoms with Crippen LogP contribution in [0, 0.1) is 11.8 Å². The number of rotatable bonds is 4. The van der Waals surface area contributed by atoms with E-state index >= 15 is 0 Å². The number of fused-ring (bicyclic) bond motifs is 3. The number of guanidine groups is 1. The number of aliphatic imine (C=N–C) groups is 1. The Balaban J connectivity index is 1.55. The second-order valence-corrected chi connectivity index (χ2v) is 8.32. The van der Waals surface area contributed by atoms with Gasteiger partial charge in [0, 0.05) is 25.0 Å². The number of hydrogen-bond donors (Lipinski definition) is 2. The Morgan fingerprint density at radius 3 is 2.43 bits per heavy atom. The molecule has 4 N–H and O–H groups in total. The van der Waals surface area contributed by atoms with Crippen LogP contribution >= 0.6 is 0 Å². The van der Waals surface area contributed by atoms with Gasteiger partial charge in [0.15, 0.2) is 5.96 Å². The summed E-state index contributed by atoms with van der Waals surface area (Å²) in [6.45, 7) is 1.26. The van der Waals surface area contributed by atoms with Gasteiger partial charge < -0.3 is 21.3 Å². The van der Waals surface area contributed by atoms with Gasteiger partial charge in [-0.2, -0.15) is 0 Å². The molecule has 4 atom stereocenters. The molecule has 7 nitrogen and oxygen atoms in total. The zero-order chi connectivity index (χ0) is 20.8. The fraction of sp³-hybridized carbons (Fsp3) is 0.348. The largest absolute Gasteiger partial charge is 0.370 e. The number of nitrogens with two attached hydrogens (primary N) is 2. The van der Waals surface area contributed by atoms with Gasteiger partial charge >= 0.3 is 0 Å². The highest BCUT2D eigenvalue weighted by atomic mass is 16.2. The van der Waals surface area contributed by atoms with Crippen molar-refractivity contribution >= 4 is 23.5 Å². The smallest absolute Gasteiger partial charge is 0.236 e. The van der Waals surface area contributed by atoms with E-state index in [2.05, 4.69) is 4.99 Å². The molecule has 154 valence electrons. The lowest BCUT2D eigenvalue weighted by Gasteiger charge is -2.32. The first kappa shape index (κ1) is 18.7. The van der Waals surface area contributed by atoms with Gasteiger partial charge in [-0.3, -0.25) is 9.59 Å². The molecule has 3 fully saturated rings. The maximum Gasteiger partial charge on any atom is 0.236 e. The van der Waals surface area contributed by atoms with Crippen LogP contribution in [-0.4, -0.2) is 40.2 Å². The molecule has 3 aliphatic rings. The van der Waals surface area contributed by atoms with Crippen LogP contribution in [-0.2, 0) is 16.1 Å². The Morgan fingerprint density at radius 1 is 1.00 bits per heavy atom. The zero-order valence-electron chi connectivity index (χ0n) is 16.6. The van der Waals surface area contributed by atoms with E-state index in [4.69, 9.17) is 11.5 Å². The molecular weight excluding hydrogens is 378 g/mol. The predicted octanol–water partition coefficient (Wildman–Crippen LogP) is 1.91. The van der Waals surface area contributed by atoms with Crippen LogP contribution in [0.25, 0.3) is 0 Å². The van der Waals surface area contributed by atoms with Crippen molar-refractivity contribution in [2.45, 2.75) is 31.5 Å². The summed E-state index contributed by atoms with van der Waals surface area (Å²) in [5.74, 6) is -0.633. The van der Waals surface area contributed by atoms with Gasteiger partial charge in [-0.1, -0.05) is 42.5 Å². The summed E-state index contributed by atoms with van der Waals surface area (Å²) in [7, 11) is 0. The quantitative estimate of drug-likeness (QED) is 0.462. The van der Waals surface area contributed by atoms with E-state index in [1.807, 2.05) is 64.4 Å². The lowest BCUT2D eigenvalue weighted by molar-refractivity contribution is -0.141. The molecule has 5 rings (SSSR count). The number of carbonyl (C=O) groups is 2. The minimum absolute atomic E-state index is 0.00480. The van der Waals surface area contributed by atoms with E-state index in [0.29, 0.717) is 12.2 Å². The van der Waals surface area contributed by atoms with Crippen molar-refractivity contribution in [2.24, 2.45) is 28.3 Å². The first-order chi connectivity index (χ1) is 14.5. The van der Waals surface area contributed by atoms with Crippen molar-refractivity contribution in [2.75, 3.05) is 6.54 Å². The van der Waals surface area contributed by atoms with Gasteiger partial charge in [0.2, 0.25) is 11.8 Å². The molecular formula is C23H25N5O2. The normalized spacial score (nSPS) is 27.3. The van der Waals surface area contributed by atoms with Gasteiger partial charge in [-0.05, 0) is 36.1 Å². The fourth-order valence-corrected chi connectivity index (χ4v) is 5.47. The van der Waals surface area contributed by atoms with Crippen LogP contribution < -0.4 is 11.5 Å². The third kappa shape index (κ3) is 2.93. The topological polar surface area (TPSA) is 105 Å². The minimum Gasteiger partial charge on any atom is -0.370 e. The highest BCUT2D eigenvalue weighted by Crippen LogP contribution is 2.52. The summed E-state index contributed by atoms with van der Waals surface area (Å²) in [4.78, 5) is 34.4. The predicted molar refractivity (Wildman–Crippen MR) is 113 cm³/mol. The Hall–Kier alpha value is -3.35. The molecule has 0 bridgehead atoms. The van der Waals surface area contributed by atoms with Gasteiger partial charge in [0.05, 0.1) is 11.7 Å². The summed E-state index contributed by atoms with van der Waals surface area (Å²) >= 11 is 0. The lowest BCUT2D eigenvalue weighted by atomic mass is 9.83. The number of carbonyl (C=O) groups excluding carboxylic acids is 2. The Bertz CT molecular complexity index is 1000. The summed E-state index contributed by atoms with van der Waals surface area (Å²) in [6.07, 6.45) is 1.96. The van der Waals surface area contributed by atoms with E-state index in [0.717, 1.165) is 30.5 Å². The van der Waals surface area contributed by atoms with Gasteiger partial charge in [0.25, 0.3) is 0 Å². The van der Waals surface area contributed by atoms with Crippen molar-refractivity contribution in [3.63, 3.8) is 0 Å². The minimum atomic E-state index is -0.568. The van der Waals surface area contributed by atoms with E-state index < -0.39 is 5.92 Å². The number of benzene rings is 2. The van der Waals surface area contributed by atoms with Crippen LogP contribution in [0.1, 0.15) is 30.0 Å². The van der Waals surface area contributed by atoms with Crippen LogP contribution in [0.5, 0.6) is 0 Å². The molecule has 0 aromatic heterocycles. The summed E-state index contributed by atoms with van der Waals surface area (Å²) in [5.41, 5.74) is 13.7. The Kier molecular flexibility index (Phi) is 4.46. The SMILES string of the molecule is NC(N)=Nc1ccc(C2C3C(C(=O)N4CCCC34)C(=O)N2Cc2ccccc2)cc1. The maximum atomic E-state index is 13.5. The summed E-state index contributed by atoms with van der Waals surface area (Å²) in [5, 5.41) is 0. The summed E-state index contributed by atoms with van der Waals surface area (Å²) < 4.78 is 0. The average molecular weight is 403 g/mol. The molecule has 0 aliphatic carbocycles. The van der Waals surface area contributed by atoms with Crippen molar-refractivity contribution in [1.29, 1.82) is 0 Å². The molecule has 2 aromatic rings. The molecule has 4 unspecified atom stereocenters. The number of amides is 2. The second kappa shape index (κ2) is 7.16. The molecule has 0 saturated carbocycles. The van der Waals surface area contributed by atoms with Crippen molar-refractivity contribution in [3.8, 4) is 0 Å². The first-order valence-electron chi connectivity index (χ1n) is 10.4. The molecule has 3 saturated heterocycles. The van der Waals surface area contributed by atoms with Gasteiger partial charge in [0.1, 0.15) is 5.92 Å². The van der Waals surface area contributed by atoms with Crippen LogP contribution in [0.2, 0.25) is 0 Å². The molecule has 2 aromatic carbocycles. The monoisotopic (exact) mass is 403 g/mol. The van der Waals surface area contributed by atoms with E-state index in [1.54, 1.807) is 0 Å². The Morgan fingerprint density at radius 2 is 1.73 bits per heavy atom. The zero-order valence-corrected chi connectivity index (χ0v) is 16.6. The molecule has 7 heteroatoms. The maximum absolute atomic E-state index is 13.5. The molecule has 0 spiro atoms. The standard InChI is InChI=1S/C23H25N5O2/c24-23(25)26-16-10-8-15(9-11-16)20-18-17-7-4-12-27(17)21(29)19(18)22(30)28(20)13-14-5-2-1-3-6-14/h1-3,5-6,8-11,17-20H,4,7,12-13H2,(H4,24,25,26). The molecule has 2 amide bonds. The van der Waals surface area contributed by atoms with Crippen LogP contribution in [0.3, 0.4) is 0 Å². The number of hydrogen-bond acceptors (Lipinski definition) is 3.